The molecule has 1 saturated carbocycles. The second-order valence-electron chi connectivity index (χ2n) is 5.60. The van der Waals surface area contributed by atoms with Crippen LogP contribution < -0.4 is 10.2 Å². The lowest BCUT2D eigenvalue weighted by molar-refractivity contribution is 0.552. The highest BCUT2D eigenvalue weighted by Crippen LogP contribution is 2.32. The minimum absolute atomic E-state index is 0.108. The van der Waals surface area contributed by atoms with Crippen molar-refractivity contribution in [1.82, 2.24) is 5.32 Å². The molecule has 2 nitrogen and oxygen atoms in total. The Kier molecular flexibility index (Phi) is 4.23. The summed E-state index contributed by atoms with van der Waals surface area (Å²) in [6.07, 6.45) is 2.64. The van der Waals surface area contributed by atoms with E-state index in [1.807, 2.05) is 6.07 Å². The van der Waals surface area contributed by atoms with Crippen molar-refractivity contribution >= 4 is 5.69 Å². The Hall–Kier alpha value is -1.09. The summed E-state index contributed by atoms with van der Waals surface area (Å²) >= 11 is 0. The number of halogens is 1. The fraction of sp³-hybridized carbons (Fsp3) is 0.600. The molecule has 0 heterocycles. The molecule has 0 aliphatic heterocycles. The average Bonchev–Trinajstić information content (AvgIpc) is 3.10. The number of hydrogen-bond acceptors (Lipinski definition) is 2. The van der Waals surface area contributed by atoms with Crippen LogP contribution in [0.25, 0.3) is 0 Å². The van der Waals surface area contributed by atoms with Gasteiger partial charge in [0.2, 0.25) is 0 Å². The lowest BCUT2D eigenvalue weighted by Gasteiger charge is -2.23. The third kappa shape index (κ3) is 3.45. The predicted molar refractivity (Wildman–Crippen MR) is 74.4 cm³/mol. The summed E-state index contributed by atoms with van der Waals surface area (Å²) in [6.45, 7) is 5.79. The van der Waals surface area contributed by atoms with Crippen molar-refractivity contribution in [3.63, 3.8) is 0 Å². The van der Waals surface area contributed by atoms with Crippen molar-refractivity contribution in [1.29, 1.82) is 0 Å². The van der Waals surface area contributed by atoms with Crippen molar-refractivity contribution in [2.24, 2.45) is 5.92 Å². The Morgan fingerprint density at radius 2 is 2.11 bits per heavy atom. The van der Waals surface area contributed by atoms with Gasteiger partial charge >= 0.3 is 0 Å². The molecule has 2 rings (SSSR count). The first-order valence-electron chi connectivity index (χ1n) is 6.80. The van der Waals surface area contributed by atoms with E-state index in [4.69, 9.17) is 0 Å². The molecular formula is C15H23FN2. The molecule has 0 spiro atoms. The zero-order valence-corrected chi connectivity index (χ0v) is 11.5. The monoisotopic (exact) mass is 250 g/mol. The molecule has 0 radical (unpaired) electrons. The third-order valence-electron chi connectivity index (χ3n) is 3.42. The molecule has 0 saturated heterocycles. The number of benzene rings is 1. The summed E-state index contributed by atoms with van der Waals surface area (Å²) < 4.78 is 13.9. The van der Waals surface area contributed by atoms with Gasteiger partial charge in [0.15, 0.2) is 0 Å². The molecule has 0 atom stereocenters. The number of rotatable bonds is 6. The largest absolute Gasteiger partial charge is 0.374 e. The van der Waals surface area contributed by atoms with E-state index in [9.17, 15) is 4.39 Å². The van der Waals surface area contributed by atoms with Gasteiger partial charge in [0.05, 0.1) is 0 Å². The topological polar surface area (TPSA) is 15.3 Å². The lowest BCUT2D eigenvalue weighted by Crippen LogP contribution is -2.26. The molecule has 1 fully saturated rings. The van der Waals surface area contributed by atoms with Crippen LogP contribution in [-0.2, 0) is 6.54 Å². The molecule has 0 aromatic heterocycles. The molecule has 1 aliphatic carbocycles. The Labute approximate surface area is 109 Å². The van der Waals surface area contributed by atoms with Gasteiger partial charge in [-0.15, -0.1) is 0 Å². The molecule has 18 heavy (non-hydrogen) atoms. The van der Waals surface area contributed by atoms with E-state index in [-0.39, 0.29) is 5.82 Å². The number of nitrogens with zero attached hydrogens (tertiary/aromatic N) is 1. The van der Waals surface area contributed by atoms with Crippen LogP contribution >= 0.6 is 0 Å². The maximum Gasteiger partial charge on any atom is 0.129 e. The highest BCUT2D eigenvalue weighted by Gasteiger charge is 2.24. The Balaban J connectivity index is 2.13. The van der Waals surface area contributed by atoms with Gasteiger partial charge in [-0.1, -0.05) is 19.9 Å². The Morgan fingerprint density at radius 1 is 1.39 bits per heavy atom. The van der Waals surface area contributed by atoms with Crippen LogP contribution in [-0.4, -0.2) is 19.6 Å². The van der Waals surface area contributed by atoms with Crippen molar-refractivity contribution in [2.75, 3.05) is 18.5 Å². The second kappa shape index (κ2) is 5.70. The van der Waals surface area contributed by atoms with Gasteiger partial charge in [0.1, 0.15) is 5.82 Å². The summed E-state index contributed by atoms with van der Waals surface area (Å²) in [6, 6.07) is 5.73. The first-order chi connectivity index (χ1) is 8.58. The lowest BCUT2D eigenvalue weighted by atomic mass is 10.1. The number of anilines is 1. The van der Waals surface area contributed by atoms with E-state index in [1.54, 1.807) is 12.1 Å². The van der Waals surface area contributed by atoms with Gasteiger partial charge < -0.3 is 10.2 Å². The highest BCUT2D eigenvalue weighted by molar-refractivity contribution is 5.53. The van der Waals surface area contributed by atoms with E-state index >= 15 is 0 Å². The first kappa shape index (κ1) is 13.3. The Bertz CT molecular complexity index is 399. The van der Waals surface area contributed by atoms with Crippen molar-refractivity contribution in [2.45, 2.75) is 39.3 Å². The average molecular weight is 250 g/mol. The van der Waals surface area contributed by atoms with Gasteiger partial charge in [-0.05, 0) is 30.9 Å². The number of nitrogens with one attached hydrogen (secondary N) is 1. The Morgan fingerprint density at radius 3 is 2.72 bits per heavy atom. The van der Waals surface area contributed by atoms with E-state index in [0.29, 0.717) is 12.6 Å². The van der Waals surface area contributed by atoms with Gasteiger partial charge in [0, 0.05) is 37.4 Å². The smallest absolute Gasteiger partial charge is 0.129 e. The molecule has 1 aliphatic rings. The van der Waals surface area contributed by atoms with Gasteiger partial charge in [-0.2, -0.15) is 0 Å². The molecular weight excluding hydrogens is 227 g/mol. The van der Waals surface area contributed by atoms with Crippen LogP contribution in [0, 0.1) is 11.7 Å². The zero-order chi connectivity index (χ0) is 13.1. The molecule has 0 bridgehead atoms. The maximum absolute atomic E-state index is 13.9. The van der Waals surface area contributed by atoms with Crippen LogP contribution in [0.1, 0.15) is 32.3 Å². The fourth-order valence-corrected chi connectivity index (χ4v) is 2.17. The van der Waals surface area contributed by atoms with Gasteiger partial charge in [0.25, 0.3) is 0 Å². The summed E-state index contributed by atoms with van der Waals surface area (Å²) in [7, 11) is 2.06. The zero-order valence-electron chi connectivity index (χ0n) is 11.5. The minimum Gasteiger partial charge on any atom is -0.374 e. The van der Waals surface area contributed by atoms with Crippen molar-refractivity contribution < 1.29 is 4.39 Å². The quantitative estimate of drug-likeness (QED) is 0.834. The summed E-state index contributed by atoms with van der Waals surface area (Å²) in [5.41, 5.74) is 1.81. The normalized spacial score (nSPS) is 15.2. The fourth-order valence-electron chi connectivity index (χ4n) is 2.17. The summed E-state index contributed by atoms with van der Waals surface area (Å²) in [4.78, 5) is 2.19. The van der Waals surface area contributed by atoms with Crippen LogP contribution in [0.5, 0.6) is 0 Å². The molecule has 1 aromatic rings. The molecule has 0 unspecified atom stereocenters. The molecule has 1 aromatic carbocycles. The molecule has 3 heteroatoms. The summed E-state index contributed by atoms with van der Waals surface area (Å²) in [5, 5.41) is 3.30. The van der Waals surface area contributed by atoms with Gasteiger partial charge in [-0.25, -0.2) is 4.39 Å². The van der Waals surface area contributed by atoms with Crippen molar-refractivity contribution in [3.05, 3.63) is 29.6 Å². The molecule has 1 N–H and O–H groups in total. The van der Waals surface area contributed by atoms with E-state index in [2.05, 4.69) is 31.1 Å². The third-order valence-corrected chi connectivity index (χ3v) is 3.42. The van der Waals surface area contributed by atoms with E-state index < -0.39 is 0 Å². The standard InChI is InChI=1S/C15H23FN2/c1-11(2)17-9-13-14(16)5-4-6-15(13)18(3)10-12-7-8-12/h4-6,11-12,17H,7-10H2,1-3H3. The first-order valence-corrected chi connectivity index (χ1v) is 6.80. The second-order valence-corrected chi connectivity index (χ2v) is 5.60. The van der Waals surface area contributed by atoms with Crippen LogP contribution in [0.15, 0.2) is 18.2 Å². The highest BCUT2D eigenvalue weighted by atomic mass is 19.1. The van der Waals surface area contributed by atoms with Crippen molar-refractivity contribution in [3.8, 4) is 0 Å². The van der Waals surface area contributed by atoms with Gasteiger partial charge in [-0.3, -0.25) is 0 Å². The van der Waals surface area contributed by atoms with E-state index in [1.165, 1.54) is 12.8 Å². The van der Waals surface area contributed by atoms with E-state index in [0.717, 1.165) is 23.7 Å². The predicted octanol–water partition coefficient (Wildman–Crippen LogP) is 3.17. The minimum atomic E-state index is -0.108. The molecule has 100 valence electrons. The van der Waals surface area contributed by atoms with Crippen LogP contribution in [0.3, 0.4) is 0 Å². The molecule has 0 amide bonds. The van der Waals surface area contributed by atoms with Crippen LogP contribution in [0.4, 0.5) is 10.1 Å². The number of hydrogen-bond donors (Lipinski definition) is 1. The summed E-state index contributed by atoms with van der Waals surface area (Å²) in [5.74, 6) is 0.701. The SMILES string of the molecule is CC(C)NCc1c(F)cccc1N(C)CC1CC1. The maximum atomic E-state index is 13.9. The van der Waals surface area contributed by atoms with Crippen LogP contribution in [0.2, 0.25) is 0 Å².